The van der Waals surface area contributed by atoms with Crippen LogP contribution in [0.15, 0.2) is 48.5 Å². The second-order valence-electron chi connectivity index (χ2n) is 6.57. The Morgan fingerprint density at radius 2 is 1.59 bits per heavy atom. The second kappa shape index (κ2) is 10.8. The summed E-state index contributed by atoms with van der Waals surface area (Å²) in [5, 5.41) is 9.27. The molecule has 0 unspecified atom stereocenters. The van der Waals surface area contributed by atoms with E-state index in [1.54, 1.807) is 24.3 Å². The lowest BCUT2D eigenvalue weighted by atomic mass is 10.0. The molecule has 2 rings (SSSR count). The second-order valence-corrected chi connectivity index (χ2v) is 8.15. The van der Waals surface area contributed by atoms with Gasteiger partial charge in [-0.15, -0.1) is 0 Å². The van der Waals surface area contributed by atoms with Crippen molar-refractivity contribution in [3.8, 4) is 11.5 Å². The molecule has 29 heavy (non-hydrogen) atoms. The number of rotatable bonds is 12. The van der Waals surface area contributed by atoms with Gasteiger partial charge in [0.2, 0.25) is 0 Å². The molecule has 0 saturated carbocycles. The molecule has 0 heterocycles. The van der Waals surface area contributed by atoms with Gasteiger partial charge in [0, 0.05) is 13.0 Å². The molecule has 0 aromatic heterocycles. The van der Waals surface area contributed by atoms with Crippen molar-refractivity contribution in [1.29, 1.82) is 0 Å². The van der Waals surface area contributed by atoms with Gasteiger partial charge in [-0.2, -0.15) is 8.42 Å². The summed E-state index contributed by atoms with van der Waals surface area (Å²) < 4.78 is 38.0. The fraction of sp³-hybridized carbons (Fsp3) is 0.381. The third kappa shape index (κ3) is 8.53. The lowest BCUT2D eigenvalue weighted by molar-refractivity contribution is -0.143. The van der Waals surface area contributed by atoms with Crippen molar-refractivity contribution in [2.45, 2.75) is 19.8 Å². The molecule has 0 fully saturated rings. The van der Waals surface area contributed by atoms with E-state index in [0.717, 1.165) is 17.4 Å². The predicted molar refractivity (Wildman–Crippen MR) is 109 cm³/mol. The van der Waals surface area contributed by atoms with Gasteiger partial charge in [-0.1, -0.05) is 24.3 Å². The Morgan fingerprint density at radius 1 is 1.00 bits per heavy atom. The average molecular weight is 422 g/mol. The lowest BCUT2D eigenvalue weighted by Gasteiger charge is -2.13. The van der Waals surface area contributed by atoms with Crippen molar-refractivity contribution in [1.82, 2.24) is 0 Å². The topological polar surface area (TPSA) is 99.1 Å². The summed E-state index contributed by atoms with van der Waals surface area (Å²) in [6.45, 7) is 2.97. The number of carboxylic acid groups (broad SMARTS) is 1. The van der Waals surface area contributed by atoms with E-state index in [4.69, 9.17) is 13.7 Å². The number of carboxylic acids is 1. The first kappa shape index (κ1) is 22.7. The Kier molecular flexibility index (Phi) is 8.48. The molecule has 1 N–H and O–H groups in total. The minimum absolute atomic E-state index is 0.193. The van der Waals surface area contributed by atoms with E-state index in [1.165, 1.54) is 0 Å². The number of carbonyl (C=O) groups is 1. The molecule has 0 bridgehead atoms. The quantitative estimate of drug-likeness (QED) is 0.525. The number of hydrogen-bond donors (Lipinski definition) is 1. The first-order valence-corrected chi connectivity index (χ1v) is 11.1. The first-order valence-electron chi connectivity index (χ1n) is 9.27. The molecule has 158 valence electrons. The lowest BCUT2D eigenvalue weighted by Crippen LogP contribution is -2.22. The fourth-order valence-electron chi connectivity index (χ4n) is 2.66. The summed E-state index contributed by atoms with van der Waals surface area (Å²) in [6.07, 6.45) is 2.05. The van der Waals surface area contributed by atoms with E-state index in [-0.39, 0.29) is 12.4 Å². The van der Waals surface area contributed by atoms with Crippen molar-refractivity contribution < 1.29 is 32.0 Å². The van der Waals surface area contributed by atoms with E-state index in [1.807, 2.05) is 31.2 Å². The van der Waals surface area contributed by atoms with Gasteiger partial charge in [0.1, 0.15) is 11.5 Å². The molecular formula is C21H26O7S. The van der Waals surface area contributed by atoms with Gasteiger partial charge in [-0.05, 0) is 48.7 Å². The highest BCUT2D eigenvalue weighted by atomic mass is 32.2. The smallest absolute Gasteiger partial charge is 0.309 e. The minimum Gasteiger partial charge on any atom is -0.493 e. The van der Waals surface area contributed by atoms with Gasteiger partial charge in [-0.3, -0.25) is 4.79 Å². The zero-order chi connectivity index (χ0) is 21.3. The maximum Gasteiger partial charge on any atom is 0.309 e. The SMILES string of the molecule is CCOC[C@@H](Cc1ccc(OCCc2ccc(OS(C)(=O)=O)cc2)cc1)C(=O)O. The van der Waals surface area contributed by atoms with Crippen molar-refractivity contribution in [2.24, 2.45) is 5.92 Å². The third-order valence-corrected chi connectivity index (χ3v) is 4.60. The van der Waals surface area contributed by atoms with Crippen LogP contribution in [0.1, 0.15) is 18.1 Å². The van der Waals surface area contributed by atoms with Gasteiger partial charge in [0.25, 0.3) is 0 Å². The van der Waals surface area contributed by atoms with E-state index < -0.39 is 22.0 Å². The first-order chi connectivity index (χ1) is 13.8. The van der Waals surface area contributed by atoms with Gasteiger partial charge in [-0.25, -0.2) is 0 Å². The molecule has 0 aliphatic heterocycles. The summed E-state index contributed by atoms with van der Waals surface area (Å²) in [6, 6.07) is 14.1. The third-order valence-electron chi connectivity index (χ3n) is 4.11. The number of hydrogen-bond acceptors (Lipinski definition) is 6. The van der Waals surface area contributed by atoms with Gasteiger partial charge < -0.3 is 18.8 Å². The fourth-order valence-corrected chi connectivity index (χ4v) is 3.12. The number of ether oxygens (including phenoxy) is 2. The standard InChI is InChI=1S/C21H26O7S/c1-3-26-15-18(21(22)23)14-17-6-8-19(9-7-17)27-13-12-16-4-10-20(11-5-16)28-29(2,24)25/h4-11,18H,3,12-15H2,1-2H3,(H,22,23)/t18-/m1/s1. The molecule has 0 radical (unpaired) electrons. The summed E-state index contributed by atoms with van der Waals surface area (Å²) in [5.41, 5.74) is 1.90. The Hall–Kier alpha value is -2.58. The van der Waals surface area contributed by atoms with Crippen LogP contribution in [0.3, 0.4) is 0 Å². The van der Waals surface area contributed by atoms with Crippen molar-refractivity contribution >= 4 is 16.1 Å². The number of aliphatic carboxylic acids is 1. The monoisotopic (exact) mass is 422 g/mol. The largest absolute Gasteiger partial charge is 0.493 e. The van der Waals surface area contributed by atoms with Crippen LogP contribution in [0.4, 0.5) is 0 Å². The molecule has 0 saturated heterocycles. The predicted octanol–water partition coefficient (Wildman–Crippen LogP) is 2.93. The minimum atomic E-state index is -3.53. The summed E-state index contributed by atoms with van der Waals surface area (Å²) in [4.78, 5) is 11.3. The van der Waals surface area contributed by atoms with Crippen LogP contribution in [-0.2, 0) is 32.5 Å². The van der Waals surface area contributed by atoms with Gasteiger partial charge in [0.05, 0.1) is 25.4 Å². The normalized spacial score (nSPS) is 12.3. The van der Waals surface area contributed by atoms with Crippen LogP contribution in [0.25, 0.3) is 0 Å². The molecule has 2 aromatic rings. The summed E-state index contributed by atoms with van der Waals surface area (Å²) in [7, 11) is -3.53. The van der Waals surface area contributed by atoms with Crippen LogP contribution in [0.5, 0.6) is 11.5 Å². The molecule has 8 heteroatoms. The van der Waals surface area contributed by atoms with E-state index in [0.29, 0.717) is 31.8 Å². The van der Waals surface area contributed by atoms with Crippen LogP contribution in [-0.4, -0.2) is 45.6 Å². The maximum atomic E-state index is 11.3. The zero-order valence-electron chi connectivity index (χ0n) is 16.5. The highest BCUT2D eigenvalue weighted by Gasteiger charge is 2.18. The number of benzene rings is 2. The van der Waals surface area contributed by atoms with Crippen LogP contribution < -0.4 is 8.92 Å². The van der Waals surface area contributed by atoms with E-state index in [2.05, 4.69) is 0 Å². The van der Waals surface area contributed by atoms with Gasteiger partial charge >= 0.3 is 16.1 Å². The Morgan fingerprint density at radius 3 is 2.14 bits per heavy atom. The Bertz CT molecular complexity index is 874. The highest BCUT2D eigenvalue weighted by molar-refractivity contribution is 7.86. The van der Waals surface area contributed by atoms with Gasteiger partial charge in [0.15, 0.2) is 0 Å². The highest BCUT2D eigenvalue weighted by Crippen LogP contribution is 2.17. The molecule has 0 spiro atoms. The van der Waals surface area contributed by atoms with Crippen molar-refractivity contribution in [3.05, 3.63) is 59.7 Å². The molecule has 0 aliphatic carbocycles. The molecule has 7 nitrogen and oxygen atoms in total. The van der Waals surface area contributed by atoms with Crippen LogP contribution in [0.2, 0.25) is 0 Å². The molecule has 2 aromatic carbocycles. The average Bonchev–Trinajstić information content (AvgIpc) is 2.66. The van der Waals surface area contributed by atoms with E-state index in [9.17, 15) is 18.3 Å². The van der Waals surface area contributed by atoms with Crippen LogP contribution in [0, 0.1) is 5.92 Å². The molecular weight excluding hydrogens is 396 g/mol. The molecule has 1 atom stereocenters. The summed E-state index contributed by atoms with van der Waals surface area (Å²) >= 11 is 0. The van der Waals surface area contributed by atoms with Crippen molar-refractivity contribution in [3.63, 3.8) is 0 Å². The molecule has 0 aliphatic rings. The Labute approximate surface area is 171 Å². The van der Waals surface area contributed by atoms with E-state index >= 15 is 0 Å². The van der Waals surface area contributed by atoms with Crippen molar-refractivity contribution in [2.75, 3.05) is 26.1 Å². The summed E-state index contributed by atoms with van der Waals surface area (Å²) in [5.74, 6) is -0.470. The maximum absolute atomic E-state index is 11.3. The zero-order valence-corrected chi connectivity index (χ0v) is 17.4. The Balaban J connectivity index is 1.82. The molecule has 0 amide bonds. The van der Waals surface area contributed by atoms with Crippen LogP contribution >= 0.6 is 0 Å².